The summed E-state index contributed by atoms with van der Waals surface area (Å²) in [5.74, 6) is 0. The molecule has 0 aromatic heterocycles. The number of rotatable bonds is 4. The molecule has 0 aromatic carbocycles. The van der Waals surface area contributed by atoms with Gasteiger partial charge in [-0.1, -0.05) is 6.08 Å². The van der Waals surface area contributed by atoms with Crippen molar-refractivity contribution in [3.63, 3.8) is 0 Å². The molecule has 0 amide bonds. The molecule has 0 spiro atoms. The van der Waals surface area contributed by atoms with Crippen LogP contribution in [0.4, 0.5) is 0 Å². The monoisotopic (exact) mass is 116 g/mol. The Morgan fingerprint density at radius 3 is 2.75 bits per heavy atom. The van der Waals surface area contributed by atoms with Gasteiger partial charge in [-0.2, -0.15) is 0 Å². The average molecular weight is 116 g/mol. The molecule has 0 fully saturated rings. The van der Waals surface area contributed by atoms with E-state index in [-0.39, 0.29) is 6.10 Å². The molecule has 1 atom stereocenters. The van der Waals surface area contributed by atoms with Gasteiger partial charge in [0.15, 0.2) is 0 Å². The van der Waals surface area contributed by atoms with Gasteiger partial charge in [-0.15, -0.1) is 6.58 Å². The third kappa shape index (κ3) is 3.84. The molecule has 0 radical (unpaired) electrons. The van der Waals surface area contributed by atoms with E-state index >= 15 is 0 Å². The Kier molecular flexibility index (Phi) is 4.61. The maximum Gasteiger partial charge on any atom is 0.147 e. The van der Waals surface area contributed by atoms with E-state index in [1.165, 1.54) is 0 Å². The van der Waals surface area contributed by atoms with Crippen molar-refractivity contribution in [3.8, 4) is 0 Å². The van der Waals surface area contributed by atoms with Gasteiger partial charge in [-0.3, -0.25) is 0 Å². The summed E-state index contributed by atoms with van der Waals surface area (Å²) in [4.78, 5) is 0. The standard InChI is InChI=1S/C6H12O2/c1-4-6(2)8-5-7-3/h4,6H,1,5H2,2-3H3/t6-/m1/s1. The Bertz CT molecular complexity index is 61.5. The third-order valence-corrected chi connectivity index (χ3v) is 0.781. The Morgan fingerprint density at radius 1 is 1.75 bits per heavy atom. The Labute approximate surface area is 50.1 Å². The molecule has 0 bridgehead atoms. The number of hydrogen-bond acceptors (Lipinski definition) is 2. The first kappa shape index (κ1) is 7.66. The Hall–Kier alpha value is -0.340. The second kappa shape index (κ2) is 4.81. The van der Waals surface area contributed by atoms with Crippen molar-refractivity contribution in [2.24, 2.45) is 0 Å². The zero-order valence-corrected chi connectivity index (χ0v) is 5.39. The average Bonchev–Trinajstić information content (AvgIpc) is 1.83. The van der Waals surface area contributed by atoms with E-state index in [2.05, 4.69) is 11.3 Å². The van der Waals surface area contributed by atoms with Crippen LogP contribution in [0, 0.1) is 0 Å². The van der Waals surface area contributed by atoms with E-state index in [1.54, 1.807) is 13.2 Å². The van der Waals surface area contributed by atoms with Gasteiger partial charge >= 0.3 is 0 Å². The second-order valence-electron chi connectivity index (χ2n) is 1.51. The van der Waals surface area contributed by atoms with Gasteiger partial charge in [0.25, 0.3) is 0 Å². The first-order valence-electron chi connectivity index (χ1n) is 2.54. The van der Waals surface area contributed by atoms with Gasteiger partial charge in [0, 0.05) is 7.11 Å². The van der Waals surface area contributed by atoms with E-state index < -0.39 is 0 Å². The van der Waals surface area contributed by atoms with Crippen molar-refractivity contribution in [1.82, 2.24) is 0 Å². The summed E-state index contributed by atoms with van der Waals surface area (Å²) < 4.78 is 9.64. The van der Waals surface area contributed by atoms with Gasteiger partial charge in [-0.25, -0.2) is 0 Å². The van der Waals surface area contributed by atoms with Crippen LogP contribution < -0.4 is 0 Å². The lowest BCUT2D eigenvalue weighted by molar-refractivity contribution is -0.0494. The highest BCUT2D eigenvalue weighted by molar-refractivity contribution is 4.74. The molecule has 8 heavy (non-hydrogen) atoms. The van der Waals surface area contributed by atoms with Gasteiger partial charge in [-0.05, 0) is 6.92 Å². The van der Waals surface area contributed by atoms with Gasteiger partial charge in [0.1, 0.15) is 6.79 Å². The molecule has 2 nitrogen and oxygen atoms in total. The molecule has 0 aliphatic rings. The lowest BCUT2D eigenvalue weighted by Crippen LogP contribution is -2.05. The largest absolute Gasteiger partial charge is 0.359 e. The third-order valence-electron chi connectivity index (χ3n) is 0.781. The van der Waals surface area contributed by atoms with E-state index in [0.717, 1.165) is 0 Å². The molecule has 0 saturated carbocycles. The smallest absolute Gasteiger partial charge is 0.147 e. The lowest BCUT2D eigenvalue weighted by atomic mass is 10.4. The van der Waals surface area contributed by atoms with Gasteiger partial charge in [0.2, 0.25) is 0 Å². The molecule has 0 rings (SSSR count). The van der Waals surface area contributed by atoms with E-state index in [1.807, 2.05) is 6.92 Å². The van der Waals surface area contributed by atoms with Crippen LogP contribution in [0.15, 0.2) is 12.7 Å². The minimum atomic E-state index is 0.0925. The minimum absolute atomic E-state index is 0.0925. The van der Waals surface area contributed by atoms with Crippen molar-refractivity contribution in [1.29, 1.82) is 0 Å². The second-order valence-corrected chi connectivity index (χ2v) is 1.51. The van der Waals surface area contributed by atoms with Crippen LogP contribution >= 0.6 is 0 Å². The van der Waals surface area contributed by atoms with Crippen LogP contribution in [0.5, 0.6) is 0 Å². The van der Waals surface area contributed by atoms with Crippen LogP contribution in [0.1, 0.15) is 6.92 Å². The molecular formula is C6H12O2. The zero-order valence-electron chi connectivity index (χ0n) is 5.39. The quantitative estimate of drug-likeness (QED) is 0.405. The molecule has 0 heterocycles. The number of hydrogen-bond donors (Lipinski definition) is 0. The van der Waals surface area contributed by atoms with Crippen LogP contribution in [0.3, 0.4) is 0 Å². The fourth-order valence-corrected chi connectivity index (χ4v) is 0.243. The molecule has 48 valence electrons. The number of methoxy groups -OCH3 is 1. The first-order chi connectivity index (χ1) is 3.81. The van der Waals surface area contributed by atoms with Crippen molar-refractivity contribution in [2.75, 3.05) is 13.9 Å². The molecule has 2 heteroatoms. The summed E-state index contributed by atoms with van der Waals surface area (Å²) in [5, 5.41) is 0. The number of ether oxygens (including phenoxy) is 2. The minimum Gasteiger partial charge on any atom is -0.359 e. The molecule has 0 aromatic rings. The fourth-order valence-electron chi connectivity index (χ4n) is 0.243. The predicted molar refractivity (Wildman–Crippen MR) is 32.6 cm³/mol. The summed E-state index contributed by atoms with van der Waals surface area (Å²) in [6.07, 6.45) is 1.81. The van der Waals surface area contributed by atoms with Crippen molar-refractivity contribution >= 4 is 0 Å². The summed E-state index contributed by atoms with van der Waals surface area (Å²) in [6, 6.07) is 0. The van der Waals surface area contributed by atoms with E-state index in [4.69, 9.17) is 4.74 Å². The van der Waals surface area contributed by atoms with Gasteiger partial charge < -0.3 is 9.47 Å². The summed E-state index contributed by atoms with van der Waals surface area (Å²) in [6.45, 7) is 5.78. The topological polar surface area (TPSA) is 18.5 Å². The van der Waals surface area contributed by atoms with Crippen molar-refractivity contribution < 1.29 is 9.47 Å². The summed E-state index contributed by atoms with van der Waals surface area (Å²) in [5.41, 5.74) is 0. The SMILES string of the molecule is C=C[C@@H](C)OCOC. The van der Waals surface area contributed by atoms with Crippen molar-refractivity contribution in [3.05, 3.63) is 12.7 Å². The van der Waals surface area contributed by atoms with Crippen molar-refractivity contribution in [2.45, 2.75) is 13.0 Å². The predicted octanol–water partition coefficient (Wildman–Crippen LogP) is 1.18. The maximum atomic E-state index is 5.00. The maximum absolute atomic E-state index is 5.00. The van der Waals surface area contributed by atoms with Crippen LogP contribution in [0.25, 0.3) is 0 Å². The van der Waals surface area contributed by atoms with Gasteiger partial charge in [0.05, 0.1) is 6.10 Å². The highest BCUT2D eigenvalue weighted by Gasteiger charge is 1.90. The van der Waals surface area contributed by atoms with Crippen LogP contribution in [-0.2, 0) is 9.47 Å². The fraction of sp³-hybridized carbons (Fsp3) is 0.667. The molecule has 0 unspecified atom stereocenters. The van der Waals surface area contributed by atoms with E-state index in [9.17, 15) is 0 Å². The Morgan fingerprint density at radius 2 is 2.38 bits per heavy atom. The highest BCUT2D eigenvalue weighted by atomic mass is 16.7. The molecule has 0 aliphatic heterocycles. The van der Waals surface area contributed by atoms with E-state index in [0.29, 0.717) is 6.79 Å². The van der Waals surface area contributed by atoms with Crippen LogP contribution in [0.2, 0.25) is 0 Å². The normalized spacial score (nSPS) is 13.2. The lowest BCUT2D eigenvalue weighted by Gasteiger charge is -2.04. The summed E-state index contributed by atoms with van der Waals surface area (Å²) in [7, 11) is 1.59. The molecule has 0 aliphatic carbocycles. The van der Waals surface area contributed by atoms with Crippen LogP contribution in [-0.4, -0.2) is 20.0 Å². The highest BCUT2D eigenvalue weighted by Crippen LogP contribution is 1.88. The molecule has 0 saturated heterocycles. The first-order valence-corrected chi connectivity index (χ1v) is 2.54. The summed E-state index contributed by atoms with van der Waals surface area (Å²) >= 11 is 0. The molecular weight excluding hydrogens is 104 g/mol. The molecule has 0 N–H and O–H groups in total. The zero-order chi connectivity index (χ0) is 6.41. The Balaban J connectivity index is 2.98.